The second kappa shape index (κ2) is 8.62. The fourth-order valence-corrected chi connectivity index (χ4v) is 3.25. The van der Waals surface area contributed by atoms with Crippen LogP contribution in [0.4, 0.5) is 0 Å². The fourth-order valence-electron chi connectivity index (χ4n) is 3.25. The van der Waals surface area contributed by atoms with Crippen LogP contribution in [-0.4, -0.2) is 59.6 Å². The lowest BCUT2D eigenvalue weighted by Crippen LogP contribution is -2.50. The summed E-state index contributed by atoms with van der Waals surface area (Å²) in [6.45, 7) is 5.42. The first-order valence-electron chi connectivity index (χ1n) is 9.13. The van der Waals surface area contributed by atoms with Gasteiger partial charge in [-0.2, -0.15) is 0 Å². The van der Waals surface area contributed by atoms with Crippen LogP contribution in [0.5, 0.6) is 0 Å². The molecule has 1 aliphatic heterocycles. The van der Waals surface area contributed by atoms with E-state index >= 15 is 0 Å². The highest BCUT2D eigenvalue weighted by molar-refractivity contribution is 5.80. The number of imidazole rings is 1. The Morgan fingerprint density at radius 2 is 2.31 bits per heavy atom. The highest BCUT2D eigenvalue weighted by Crippen LogP contribution is 2.20. The van der Waals surface area contributed by atoms with Crippen molar-refractivity contribution in [2.45, 2.75) is 45.3 Å². The van der Waals surface area contributed by atoms with Crippen molar-refractivity contribution in [1.82, 2.24) is 15.3 Å². The summed E-state index contributed by atoms with van der Waals surface area (Å²) in [6, 6.07) is 3.92. The van der Waals surface area contributed by atoms with Crippen molar-refractivity contribution in [3.8, 4) is 0 Å². The highest BCUT2D eigenvalue weighted by Gasteiger charge is 2.27. The number of benzene rings is 1. The van der Waals surface area contributed by atoms with Gasteiger partial charge in [-0.05, 0) is 37.5 Å². The first-order valence-corrected chi connectivity index (χ1v) is 9.13. The molecule has 3 rings (SSSR count). The fraction of sp³-hybridized carbons (Fsp3) is 0.579. The lowest BCUT2D eigenvalue weighted by atomic mass is 10.1. The molecule has 2 aromatic rings. The van der Waals surface area contributed by atoms with Gasteiger partial charge < -0.3 is 24.9 Å². The molecule has 2 heterocycles. The predicted octanol–water partition coefficient (Wildman–Crippen LogP) is 1.39. The number of nitrogens with zero attached hydrogens (tertiary/aromatic N) is 1. The van der Waals surface area contributed by atoms with Crippen LogP contribution >= 0.6 is 0 Å². The molecule has 3 N–H and O–H groups in total. The Labute approximate surface area is 153 Å². The summed E-state index contributed by atoms with van der Waals surface area (Å²) in [5.41, 5.74) is 4.34. The predicted molar refractivity (Wildman–Crippen MR) is 98.1 cm³/mol. The smallest absolute Gasteiger partial charge is 0.220 e. The molecule has 7 nitrogen and oxygen atoms in total. The number of aryl methyl sites for hydroxylation is 3. The van der Waals surface area contributed by atoms with Crippen LogP contribution in [-0.2, 0) is 20.7 Å². The molecular formula is C19H27N3O4. The molecule has 1 aromatic heterocycles. The molecule has 2 atom stereocenters. The maximum absolute atomic E-state index is 12.3. The zero-order chi connectivity index (χ0) is 18.5. The number of rotatable bonds is 7. The second-order valence-corrected chi connectivity index (χ2v) is 6.76. The number of carbonyl (C=O) groups is 1. The third-order valence-electron chi connectivity index (χ3n) is 4.88. The number of nitrogens with one attached hydrogen (secondary N) is 2. The first-order chi connectivity index (χ1) is 12.6. The quantitative estimate of drug-likeness (QED) is 0.693. The average Bonchev–Trinajstić information content (AvgIpc) is 3.06. The average molecular weight is 361 g/mol. The van der Waals surface area contributed by atoms with Crippen LogP contribution in [0.2, 0.25) is 0 Å². The third-order valence-corrected chi connectivity index (χ3v) is 4.88. The minimum atomic E-state index is -0.177. The Bertz CT molecular complexity index is 759. The molecule has 1 aliphatic rings. The lowest BCUT2D eigenvalue weighted by Gasteiger charge is -2.32. The summed E-state index contributed by atoms with van der Waals surface area (Å²) >= 11 is 0. The van der Waals surface area contributed by atoms with E-state index in [0.29, 0.717) is 32.5 Å². The summed E-state index contributed by atoms with van der Waals surface area (Å²) in [4.78, 5) is 20.3. The van der Waals surface area contributed by atoms with Crippen molar-refractivity contribution in [2.75, 3.05) is 26.4 Å². The van der Waals surface area contributed by atoms with E-state index < -0.39 is 0 Å². The maximum atomic E-state index is 12.3. The molecule has 7 heteroatoms. The van der Waals surface area contributed by atoms with E-state index in [2.05, 4.69) is 35.2 Å². The van der Waals surface area contributed by atoms with Crippen molar-refractivity contribution in [1.29, 1.82) is 0 Å². The molecule has 1 saturated heterocycles. The van der Waals surface area contributed by atoms with Crippen molar-refractivity contribution in [3.63, 3.8) is 0 Å². The summed E-state index contributed by atoms with van der Waals surface area (Å²) < 4.78 is 11.1. The van der Waals surface area contributed by atoms with Gasteiger partial charge in [0.15, 0.2) is 0 Å². The molecule has 0 radical (unpaired) electrons. The van der Waals surface area contributed by atoms with Crippen LogP contribution in [0.3, 0.4) is 0 Å². The number of H-pyrrole nitrogens is 1. The molecule has 142 valence electrons. The van der Waals surface area contributed by atoms with Crippen molar-refractivity contribution >= 4 is 16.9 Å². The van der Waals surface area contributed by atoms with Crippen LogP contribution in [0.1, 0.15) is 29.8 Å². The summed E-state index contributed by atoms with van der Waals surface area (Å²) in [7, 11) is 0. The van der Waals surface area contributed by atoms with Crippen molar-refractivity contribution in [2.24, 2.45) is 0 Å². The number of ether oxygens (including phenoxy) is 2. The van der Waals surface area contributed by atoms with Crippen LogP contribution < -0.4 is 5.32 Å². The topological polar surface area (TPSA) is 96.5 Å². The SMILES string of the molecule is Cc1ccc2[nH]c(CCC(=O)N[C@@H]3COCC[C@@H]3OCCO)nc2c1C. The second-order valence-electron chi connectivity index (χ2n) is 6.76. The Kier molecular flexibility index (Phi) is 6.24. The number of fused-ring (bicyclic) bond motifs is 1. The summed E-state index contributed by atoms with van der Waals surface area (Å²) in [5.74, 6) is 0.767. The van der Waals surface area contributed by atoms with Crippen LogP contribution in [0, 0.1) is 13.8 Å². The van der Waals surface area contributed by atoms with Gasteiger partial charge in [-0.3, -0.25) is 4.79 Å². The first kappa shape index (κ1) is 18.8. The molecule has 1 amide bonds. The van der Waals surface area contributed by atoms with E-state index in [0.717, 1.165) is 22.4 Å². The molecule has 0 unspecified atom stereocenters. The van der Waals surface area contributed by atoms with Gasteiger partial charge in [0.2, 0.25) is 5.91 Å². The number of aromatic amines is 1. The van der Waals surface area contributed by atoms with Gasteiger partial charge in [-0.15, -0.1) is 0 Å². The molecular weight excluding hydrogens is 334 g/mol. The van der Waals surface area contributed by atoms with E-state index in [1.165, 1.54) is 5.56 Å². The number of amides is 1. The Morgan fingerprint density at radius 1 is 1.46 bits per heavy atom. The number of aliphatic hydroxyl groups excluding tert-OH is 1. The zero-order valence-electron chi connectivity index (χ0n) is 15.4. The normalized spacial score (nSPS) is 20.4. The summed E-state index contributed by atoms with van der Waals surface area (Å²) in [5, 5.41) is 11.9. The standard InChI is InChI=1S/C19H27N3O4/c1-12-3-4-14-19(13(12)2)22-17(20-14)5-6-18(24)21-15-11-25-9-7-16(15)26-10-8-23/h3-4,15-16,23H,5-11H2,1-2H3,(H,20,22)(H,21,24)/t15-,16+/m1/s1. The van der Waals surface area contributed by atoms with Gasteiger partial charge >= 0.3 is 0 Å². The number of carbonyl (C=O) groups excluding carboxylic acids is 1. The van der Waals surface area contributed by atoms with Gasteiger partial charge in [-0.1, -0.05) is 6.07 Å². The van der Waals surface area contributed by atoms with Gasteiger partial charge in [0.05, 0.1) is 43.0 Å². The zero-order valence-corrected chi connectivity index (χ0v) is 15.4. The number of aliphatic hydroxyl groups is 1. The molecule has 0 saturated carbocycles. The molecule has 0 spiro atoms. The largest absolute Gasteiger partial charge is 0.394 e. The van der Waals surface area contributed by atoms with Gasteiger partial charge in [-0.25, -0.2) is 4.98 Å². The Morgan fingerprint density at radius 3 is 3.12 bits per heavy atom. The van der Waals surface area contributed by atoms with Crippen molar-refractivity contribution in [3.05, 3.63) is 29.1 Å². The minimum Gasteiger partial charge on any atom is -0.394 e. The Hall–Kier alpha value is -1.96. The molecule has 0 aliphatic carbocycles. The van der Waals surface area contributed by atoms with E-state index in [1.807, 2.05) is 6.07 Å². The number of hydrogen-bond acceptors (Lipinski definition) is 5. The Balaban J connectivity index is 1.55. The maximum Gasteiger partial charge on any atom is 0.220 e. The molecule has 1 aromatic carbocycles. The van der Waals surface area contributed by atoms with Gasteiger partial charge in [0, 0.05) is 19.4 Å². The van der Waals surface area contributed by atoms with E-state index in [-0.39, 0.29) is 31.3 Å². The lowest BCUT2D eigenvalue weighted by molar-refractivity contribution is -0.126. The molecule has 1 fully saturated rings. The molecule has 0 bridgehead atoms. The van der Waals surface area contributed by atoms with Crippen LogP contribution in [0.15, 0.2) is 12.1 Å². The van der Waals surface area contributed by atoms with Crippen molar-refractivity contribution < 1.29 is 19.4 Å². The van der Waals surface area contributed by atoms with E-state index in [4.69, 9.17) is 14.6 Å². The minimum absolute atomic E-state index is 0.0248. The summed E-state index contributed by atoms with van der Waals surface area (Å²) in [6.07, 6.45) is 1.50. The number of hydrogen-bond donors (Lipinski definition) is 3. The van der Waals surface area contributed by atoms with Crippen LogP contribution in [0.25, 0.3) is 11.0 Å². The monoisotopic (exact) mass is 361 g/mol. The molecule has 26 heavy (non-hydrogen) atoms. The van der Waals surface area contributed by atoms with Gasteiger partial charge in [0.25, 0.3) is 0 Å². The van der Waals surface area contributed by atoms with E-state index in [1.54, 1.807) is 0 Å². The van der Waals surface area contributed by atoms with E-state index in [9.17, 15) is 4.79 Å². The van der Waals surface area contributed by atoms with Gasteiger partial charge in [0.1, 0.15) is 5.82 Å². The third kappa shape index (κ3) is 4.41. The highest BCUT2D eigenvalue weighted by atomic mass is 16.5. The number of aromatic nitrogens is 2.